The van der Waals surface area contributed by atoms with Gasteiger partial charge in [-0.25, -0.2) is 0 Å². The van der Waals surface area contributed by atoms with Crippen molar-refractivity contribution in [1.82, 2.24) is 4.90 Å². The Morgan fingerprint density at radius 2 is 2.00 bits per heavy atom. The molecule has 0 spiro atoms. The lowest BCUT2D eigenvalue weighted by atomic mass is 10.0. The minimum atomic E-state index is -0.930. The monoisotopic (exact) mass is 289 g/mol. The van der Waals surface area contributed by atoms with Crippen molar-refractivity contribution in [2.75, 3.05) is 26.3 Å². The van der Waals surface area contributed by atoms with Crippen molar-refractivity contribution in [3.63, 3.8) is 0 Å². The Hall–Kier alpha value is -0.810. The molecule has 18 heavy (non-hydrogen) atoms. The van der Waals surface area contributed by atoms with Gasteiger partial charge in [0.25, 0.3) is 0 Å². The standard InChI is InChI=1S/C12H13Cl2NO3/c13-9-3-1-2-8(10(9)14)11(12(16)17)15-4-6-18-7-5-15/h1-3,11H,4-7H2,(H,16,17)/t11-/m1/s1. The van der Waals surface area contributed by atoms with Crippen molar-refractivity contribution in [2.45, 2.75) is 6.04 Å². The third kappa shape index (κ3) is 2.78. The van der Waals surface area contributed by atoms with Gasteiger partial charge in [0.05, 0.1) is 23.3 Å². The Morgan fingerprint density at radius 3 is 2.61 bits per heavy atom. The number of benzene rings is 1. The van der Waals surface area contributed by atoms with E-state index in [-0.39, 0.29) is 0 Å². The Balaban J connectivity index is 2.34. The van der Waals surface area contributed by atoms with E-state index in [9.17, 15) is 9.90 Å². The molecule has 0 aliphatic carbocycles. The highest BCUT2D eigenvalue weighted by Gasteiger charge is 2.30. The molecule has 0 radical (unpaired) electrons. The second-order valence-electron chi connectivity index (χ2n) is 4.03. The Kier molecular flexibility index (Phi) is 4.45. The van der Waals surface area contributed by atoms with E-state index in [0.29, 0.717) is 41.9 Å². The average molecular weight is 290 g/mol. The summed E-state index contributed by atoms with van der Waals surface area (Å²) in [7, 11) is 0. The lowest BCUT2D eigenvalue weighted by Gasteiger charge is -2.32. The van der Waals surface area contributed by atoms with E-state index < -0.39 is 12.0 Å². The minimum absolute atomic E-state index is 0.304. The number of halogens is 2. The van der Waals surface area contributed by atoms with Crippen LogP contribution in [0.25, 0.3) is 0 Å². The number of hydrogen-bond acceptors (Lipinski definition) is 3. The van der Waals surface area contributed by atoms with Gasteiger partial charge in [-0.05, 0) is 6.07 Å². The highest BCUT2D eigenvalue weighted by Crippen LogP contribution is 2.33. The van der Waals surface area contributed by atoms with Gasteiger partial charge in [-0.15, -0.1) is 0 Å². The molecule has 0 unspecified atom stereocenters. The van der Waals surface area contributed by atoms with Crippen molar-refractivity contribution in [2.24, 2.45) is 0 Å². The van der Waals surface area contributed by atoms with Crippen LogP contribution in [0.2, 0.25) is 10.0 Å². The predicted molar refractivity (Wildman–Crippen MR) is 69.2 cm³/mol. The smallest absolute Gasteiger partial charge is 0.325 e. The van der Waals surface area contributed by atoms with Gasteiger partial charge in [0.1, 0.15) is 6.04 Å². The van der Waals surface area contributed by atoms with E-state index in [1.54, 1.807) is 18.2 Å². The molecular weight excluding hydrogens is 277 g/mol. The number of carbonyl (C=O) groups is 1. The van der Waals surface area contributed by atoms with Gasteiger partial charge in [0.2, 0.25) is 0 Å². The number of rotatable bonds is 3. The van der Waals surface area contributed by atoms with Gasteiger partial charge in [-0.2, -0.15) is 0 Å². The number of nitrogens with zero attached hydrogens (tertiary/aromatic N) is 1. The Morgan fingerprint density at radius 1 is 1.33 bits per heavy atom. The first kappa shape index (κ1) is 13.6. The fourth-order valence-corrected chi connectivity index (χ4v) is 2.46. The van der Waals surface area contributed by atoms with Crippen LogP contribution in [-0.2, 0) is 9.53 Å². The molecule has 1 aliphatic heterocycles. The number of morpholine rings is 1. The lowest BCUT2D eigenvalue weighted by molar-refractivity contribution is -0.145. The van der Waals surface area contributed by atoms with Crippen LogP contribution in [0.1, 0.15) is 11.6 Å². The topological polar surface area (TPSA) is 49.8 Å². The molecule has 1 aromatic carbocycles. The van der Waals surface area contributed by atoms with Gasteiger partial charge >= 0.3 is 5.97 Å². The van der Waals surface area contributed by atoms with Crippen LogP contribution in [0.15, 0.2) is 18.2 Å². The van der Waals surface area contributed by atoms with E-state index in [1.165, 1.54) is 0 Å². The summed E-state index contributed by atoms with van der Waals surface area (Å²) in [6, 6.07) is 4.27. The molecule has 1 aromatic rings. The maximum absolute atomic E-state index is 11.5. The molecule has 0 saturated carbocycles. The Bertz CT molecular complexity index is 447. The SMILES string of the molecule is O=C(O)[C@@H](c1cccc(Cl)c1Cl)N1CCOCC1. The van der Waals surface area contributed by atoms with Gasteiger partial charge in [0, 0.05) is 18.7 Å². The molecule has 1 heterocycles. The molecule has 1 aliphatic rings. The van der Waals surface area contributed by atoms with E-state index in [4.69, 9.17) is 27.9 Å². The fourth-order valence-electron chi connectivity index (χ4n) is 2.05. The number of hydrogen-bond donors (Lipinski definition) is 1. The molecule has 0 aromatic heterocycles. The largest absolute Gasteiger partial charge is 0.480 e. The summed E-state index contributed by atoms with van der Waals surface area (Å²) in [6.45, 7) is 2.20. The Labute approximate surface area is 115 Å². The number of ether oxygens (including phenoxy) is 1. The van der Waals surface area contributed by atoms with Crippen molar-refractivity contribution >= 4 is 29.2 Å². The van der Waals surface area contributed by atoms with E-state index in [0.717, 1.165) is 0 Å². The third-order valence-corrected chi connectivity index (χ3v) is 3.75. The van der Waals surface area contributed by atoms with Gasteiger partial charge in [-0.1, -0.05) is 35.3 Å². The van der Waals surface area contributed by atoms with Gasteiger partial charge in [-0.3, -0.25) is 9.69 Å². The van der Waals surface area contributed by atoms with Crippen LogP contribution in [0.3, 0.4) is 0 Å². The van der Waals surface area contributed by atoms with E-state index in [1.807, 2.05) is 4.90 Å². The van der Waals surface area contributed by atoms with Crippen molar-refractivity contribution < 1.29 is 14.6 Å². The first-order valence-electron chi connectivity index (χ1n) is 5.60. The van der Waals surface area contributed by atoms with E-state index >= 15 is 0 Å². The summed E-state index contributed by atoms with van der Waals surface area (Å²) in [4.78, 5) is 13.3. The third-order valence-electron chi connectivity index (χ3n) is 2.92. The first-order valence-corrected chi connectivity index (χ1v) is 6.35. The second-order valence-corrected chi connectivity index (χ2v) is 4.82. The minimum Gasteiger partial charge on any atom is -0.480 e. The summed E-state index contributed by atoms with van der Waals surface area (Å²) in [5, 5.41) is 10.1. The summed E-state index contributed by atoms with van der Waals surface area (Å²) in [5.74, 6) is -0.930. The summed E-state index contributed by atoms with van der Waals surface area (Å²) >= 11 is 12.0. The van der Waals surface area contributed by atoms with Gasteiger partial charge in [0.15, 0.2) is 0 Å². The van der Waals surface area contributed by atoms with Crippen molar-refractivity contribution in [3.05, 3.63) is 33.8 Å². The molecular formula is C12H13Cl2NO3. The lowest BCUT2D eigenvalue weighted by Crippen LogP contribution is -2.42. The second kappa shape index (κ2) is 5.89. The van der Waals surface area contributed by atoms with Crippen LogP contribution in [0.5, 0.6) is 0 Å². The first-order chi connectivity index (χ1) is 8.61. The van der Waals surface area contributed by atoms with Crippen molar-refractivity contribution in [3.8, 4) is 0 Å². The zero-order valence-electron chi connectivity index (χ0n) is 9.60. The summed E-state index contributed by atoms with van der Waals surface area (Å²) < 4.78 is 5.23. The van der Waals surface area contributed by atoms with Crippen LogP contribution < -0.4 is 0 Å². The molecule has 98 valence electrons. The maximum Gasteiger partial charge on any atom is 0.325 e. The number of carboxylic acids is 1. The normalized spacial score (nSPS) is 18.6. The molecule has 0 bridgehead atoms. The fraction of sp³-hybridized carbons (Fsp3) is 0.417. The summed E-state index contributed by atoms with van der Waals surface area (Å²) in [6.07, 6.45) is 0. The molecule has 1 saturated heterocycles. The highest BCUT2D eigenvalue weighted by molar-refractivity contribution is 6.42. The molecule has 4 nitrogen and oxygen atoms in total. The van der Waals surface area contributed by atoms with Crippen LogP contribution in [-0.4, -0.2) is 42.3 Å². The molecule has 1 atom stereocenters. The number of carboxylic acid groups (broad SMARTS) is 1. The van der Waals surface area contributed by atoms with E-state index in [2.05, 4.69) is 0 Å². The maximum atomic E-state index is 11.5. The number of aliphatic carboxylic acids is 1. The molecule has 1 N–H and O–H groups in total. The zero-order chi connectivity index (χ0) is 13.1. The average Bonchev–Trinajstić information content (AvgIpc) is 2.36. The van der Waals surface area contributed by atoms with Crippen LogP contribution in [0, 0.1) is 0 Å². The van der Waals surface area contributed by atoms with Gasteiger partial charge < -0.3 is 9.84 Å². The van der Waals surface area contributed by atoms with Crippen LogP contribution in [0.4, 0.5) is 0 Å². The molecule has 0 amide bonds. The van der Waals surface area contributed by atoms with Crippen LogP contribution >= 0.6 is 23.2 Å². The molecule has 6 heteroatoms. The quantitative estimate of drug-likeness (QED) is 0.929. The summed E-state index contributed by atoms with van der Waals surface area (Å²) in [5.41, 5.74) is 0.526. The predicted octanol–water partition coefficient (Wildman–Crippen LogP) is 2.45. The molecule has 2 rings (SSSR count). The zero-order valence-corrected chi connectivity index (χ0v) is 11.1. The highest BCUT2D eigenvalue weighted by atomic mass is 35.5. The molecule has 1 fully saturated rings. The van der Waals surface area contributed by atoms with Crippen molar-refractivity contribution in [1.29, 1.82) is 0 Å².